The highest BCUT2D eigenvalue weighted by molar-refractivity contribution is 5.94. The van der Waals surface area contributed by atoms with Gasteiger partial charge in [-0.25, -0.2) is 4.39 Å². The average Bonchev–Trinajstić information content (AvgIpc) is 2.88. The third kappa shape index (κ3) is 6.21. The van der Waals surface area contributed by atoms with Crippen LogP contribution in [0, 0.1) is 11.7 Å². The summed E-state index contributed by atoms with van der Waals surface area (Å²) in [5, 5.41) is 3.12. The van der Waals surface area contributed by atoms with Crippen LogP contribution in [-0.4, -0.2) is 79.4 Å². The van der Waals surface area contributed by atoms with Crippen molar-refractivity contribution in [2.75, 3.05) is 52.9 Å². The van der Waals surface area contributed by atoms with Crippen molar-refractivity contribution in [3.8, 4) is 0 Å². The molecular formula is C27H35FN4O2. The van der Waals surface area contributed by atoms with E-state index >= 15 is 0 Å². The number of likely N-dealkylation sites (N-methyl/N-ethyl adjacent to an activating group) is 1. The van der Waals surface area contributed by atoms with Crippen LogP contribution in [0.5, 0.6) is 0 Å². The highest BCUT2D eigenvalue weighted by Gasteiger charge is 2.28. The van der Waals surface area contributed by atoms with Gasteiger partial charge in [-0.05, 0) is 56.1 Å². The average molecular weight is 467 g/mol. The summed E-state index contributed by atoms with van der Waals surface area (Å²) in [5.74, 6) is -0.418. The quantitative estimate of drug-likeness (QED) is 0.637. The molecule has 2 aromatic rings. The van der Waals surface area contributed by atoms with Gasteiger partial charge in [-0.1, -0.05) is 30.3 Å². The number of halogens is 1. The molecule has 2 aliphatic rings. The van der Waals surface area contributed by atoms with Gasteiger partial charge in [-0.2, -0.15) is 0 Å². The van der Waals surface area contributed by atoms with E-state index in [9.17, 15) is 14.0 Å². The molecule has 1 N–H and O–H groups in total. The van der Waals surface area contributed by atoms with E-state index in [-0.39, 0.29) is 23.5 Å². The summed E-state index contributed by atoms with van der Waals surface area (Å²) in [5.41, 5.74) is 1.84. The lowest BCUT2D eigenvalue weighted by Gasteiger charge is -2.40. The molecule has 182 valence electrons. The zero-order chi connectivity index (χ0) is 23.9. The SMILES string of the molecule is CN1CCN(CCCNC(=O)C2CCN(C(=O)c3ccc(F)cc3)CC2)[C@@H](c2ccccc2)C1. The van der Waals surface area contributed by atoms with Gasteiger partial charge in [0.1, 0.15) is 5.82 Å². The Balaban J connectivity index is 1.19. The maximum absolute atomic E-state index is 13.1. The van der Waals surface area contributed by atoms with Gasteiger partial charge in [0.05, 0.1) is 0 Å². The molecule has 0 spiro atoms. The molecule has 2 amide bonds. The molecule has 0 saturated carbocycles. The highest BCUT2D eigenvalue weighted by Crippen LogP contribution is 2.25. The van der Waals surface area contributed by atoms with Crippen molar-refractivity contribution in [1.29, 1.82) is 0 Å². The van der Waals surface area contributed by atoms with Gasteiger partial charge in [0.15, 0.2) is 0 Å². The minimum absolute atomic E-state index is 0.0574. The molecule has 0 bridgehead atoms. The number of piperidine rings is 1. The maximum Gasteiger partial charge on any atom is 0.253 e. The smallest absolute Gasteiger partial charge is 0.253 e. The van der Waals surface area contributed by atoms with Crippen LogP contribution >= 0.6 is 0 Å². The third-order valence-corrected chi connectivity index (χ3v) is 7.04. The predicted molar refractivity (Wildman–Crippen MR) is 131 cm³/mol. The topological polar surface area (TPSA) is 55.9 Å². The van der Waals surface area contributed by atoms with Crippen LogP contribution in [0.15, 0.2) is 54.6 Å². The number of hydrogen-bond donors (Lipinski definition) is 1. The van der Waals surface area contributed by atoms with Gasteiger partial charge in [0.2, 0.25) is 5.91 Å². The Bertz CT molecular complexity index is 945. The predicted octanol–water partition coefficient (Wildman–Crippen LogP) is 3.17. The van der Waals surface area contributed by atoms with Crippen molar-refractivity contribution < 1.29 is 14.0 Å². The second-order valence-electron chi connectivity index (χ2n) is 9.44. The van der Waals surface area contributed by atoms with E-state index in [4.69, 9.17) is 0 Å². The number of hydrogen-bond acceptors (Lipinski definition) is 4. The van der Waals surface area contributed by atoms with Gasteiger partial charge in [0.25, 0.3) is 5.91 Å². The van der Waals surface area contributed by atoms with Crippen LogP contribution in [0.2, 0.25) is 0 Å². The normalized spacial score (nSPS) is 20.3. The Hall–Kier alpha value is -2.77. The third-order valence-electron chi connectivity index (χ3n) is 7.04. The van der Waals surface area contributed by atoms with Crippen molar-refractivity contribution in [3.63, 3.8) is 0 Å². The lowest BCUT2D eigenvalue weighted by Crippen LogP contribution is -2.47. The summed E-state index contributed by atoms with van der Waals surface area (Å²) < 4.78 is 13.1. The summed E-state index contributed by atoms with van der Waals surface area (Å²) in [6.07, 6.45) is 2.24. The minimum atomic E-state index is -0.352. The number of rotatable bonds is 7. The Morgan fingerprint density at radius 2 is 1.68 bits per heavy atom. The van der Waals surface area contributed by atoms with Crippen LogP contribution in [0.3, 0.4) is 0 Å². The molecule has 2 fully saturated rings. The van der Waals surface area contributed by atoms with E-state index in [2.05, 4.69) is 52.5 Å². The second-order valence-corrected chi connectivity index (χ2v) is 9.44. The molecule has 0 aromatic heterocycles. The molecule has 2 heterocycles. The Morgan fingerprint density at radius 3 is 2.38 bits per heavy atom. The van der Waals surface area contributed by atoms with E-state index in [0.29, 0.717) is 44.1 Å². The number of amides is 2. The second kappa shape index (κ2) is 11.6. The Labute approximate surface area is 201 Å². The molecule has 0 unspecified atom stereocenters. The summed E-state index contributed by atoms with van der Waals surface area (Å²) in [4.78, 5) is 31.9. The van der Waals surface area contributed by atoms with Gasteiger partial charge in [-0.15, -0.1) is 0 Å². The fraction of sp³-hybridized carbons (Fsp3) is 0.481. The molecule has 2 saturated heterocycles. The van der Waals surface area contributed by atoms with Crippen LogP contribution in [-0.2, 0) is 4.79 Å². The van der Waals surface area contributed by atoms with E-state index in [1.807, 2.05) is 0 Å². The molecule has 2 aromatic carbocycles. The standard InChI is InChI=1S/C27H35FN4O2/c1-30-18-19-31(25(20-30)21-6-3-2-4-7-21)15-5-14-29-26(33)22-12-16-32(17-13-22)27(34)23-8-10-24(28)11-9-23/h2-4,6-11,22,25H,5,12-20H2,1H3,(H,29,33)/t25-/m1/s1. The summed E-state index contributed by atoms with van der Waals surface area (Å²) in [6.45, 7) is 5.84. The Morgan fingerprint density at radius 1 is 0.971 bits per heavy atom. The number of carbonyl (C=O) groups is 2. The monoisotopic (exact) mass is 466 g/mol. The van der Waals surface area contributed by atoms with Crippen molar-refractivity contribution in [2.45, 2.75) is 25.3 Å². The number of nitrogens with one attached hydrogen (secondary N) is 1. The van der Waals surface area contributed by atoms with Crippen molar-refractivity contribution >= 4 is 11.8 Å². The first-order valence-electron chi connectivity index (χ1n) is 12.3. The van der Waals surface area contributed by atoms with E-state index in [1.54, 1.807) is 4.90 Å². The number of benzene rings is 2. The highest BCUT2D eigenvalue weighted by atomic mass is 19.1. The lowest BCUT2D eigenvalue weighted by atomic mass is 9.95. The summed E-state index contributed by atoms with van der Waals surface area (Å²) in [7, 11) is 2.17. The first-order valence-corrected chi connectivity index (χ1v) is 12.3. The lowest BCUT2D eigenvalue weighted by molar-refractivity contribution is -0.126. The molecule has 34 heavy (non-hydrogen) atoms. The number of carbonyl (C=O) groups excluding carboxylic acids is 2. The van der Waals surface area contributed by atoms with Crippen LogP contribution in [0.25, 0.3) is 0 Å². The first-order chi connectivity index (χ1) is 16.5. The molecule has 0 radical (unpaired) electrons. The van der Waals surface area contributed by atoms with E-state index in [0.717, 1.165) is 32.6 Å². The van der Waals surface area contributed by atoms with Crippen molar-refractivity contribution in [3.05, 3.63) is 71.5 Å². The zero-order valence-electron chi connectivity index (χ0n) is 20.0. The molecule has 6 nitrogen and oxygen atoms in total. The van der Waals surface area contributed by atoms with Gasteiger partial charge >= 0.3 is 0 Å². The van der Waals surface area contributed by atoms with Crippen LogP contribution < -0.4 is 5.32 Å². The fourth-order valence-electron chi connectivity index (χ4n) is 4.97. The van der Waals surface area contributed by atoms with Gasteiger partial charge in [-0.3, -0.25) is 14.5 Å². The molecular weight excluding hydrogens is 431 g/mol. The van der Waals surface area contributed by atoms with Crippen molar-refractivity contribution in [2.24, 2.45) is 5.92 Å². The fourth-order valence-corrected chi connectivity index (χ4v) is 4.97. The van der Waals surface area contributed by atoms with E-state index < -0.39 is 0 Å². The van der Waals surface area contributed by atoms with Crippen LogP contribution in [0.4, 0.5) is 4.39 Å². The number of piperazine rings is 1. The Kier molecular flexibility index (Phi) is 8.29. The van der Waals surface area contributed by atoms with E-state index in [1.165, 1.54) is 29.8 Å². The van der Waals surface area contributed by atoms with Gasteiger partial charge < -0.3 is 15.1 Å². The maximum atomic E-state index is 13.1. The summed E-state index contributed by atoms with van der Waals surface area (Å²) in [6, 6.07) is 16.7. The van der Waals surface area contributed by atoms with Gasteiger partial charge in [0, 0.05) is 63.3 Å². The zero-order valence-corrected chi connectivity index (χ0v) is 20.0. The number of likely N-dealkylation sites (tertiary alicyclic amines) is 1. The minimum Gasteiger partial charge on any atom is -0.356 e. The summed E-state index contributed by atoms with van der Waals surface area (Å²) >= 11 is 0. The molecule has 4 rings (SSSR count). The van der Waals surface area contributed by atoms with Crippen molar-refractivity contribution in [1.82, 2.24) is 20.0 Å². The molecule has 7 heteroatoms. The largest absolute Gasteiger partial charge is 0.356 e. The first kappa shape index (κ1) is 24.4. The number of nitrogens with zero attached hydrogens (tertiary/aromatic N) is 3. The molecule has 2 aliphatic heterocycles. The molecule has 1 atom stereocenters. The van der Waals surface area contributed by atoms with Crippen LogP contribution in [0.1, 0.15) is 41.2 Å². The molecule has 0 aliphatic carbocycles.